The van der Waals surface area contributed by atoms with E-state index in [-0.39, 0.29) is 28.4 Å². The number of hydrogen-bond donors (Lipinski definition) is 2. The molecule has 0 saturated carbocycles. The van der Waals surface area contributed by atoms with Crippen LogP contribution in [-0.4, -0.2) is 23.7 Å². The number of halogens is 1. The van der Waals surface area contributed by atoms with Crippen LogP contribution in [0.1, 0.15) is 17.0 Å². The van der Waals surface area contributed by atoms with Crippen molar-refractivity contribution in [1.29, 1.82) is 0 Å². The van der Waals surface area contributed by atoms with E-state index >= 15 is 0 Å². The lowest BCUT2D eigenvalue weighted by Gasteiger charge is -2.09. The summed E-state index contributed by atoms with van der Waals surface area (Å²) in [6.07, 6.45) is 1.08. The minimum atomic E-state index is -3.86. The molecule has 0 saturated heterocycles. The Labute approximate surface area is 114 Å². The molecule has 20 heavy (non-hydrogen) atoms. The maximum absolute atomic E-state index is 13.6. The number of sulfonamides is 1. The highest BCUT2D eigenvalue weighted by Gasteiger charge is 2.18. The van der Waals surface area contributed by atoms with Gasteiger partial charge in [-0.1, -0.05) is 5.16 Å². The highest BCUT2D eigenvalue weighted by Crippen LogP contribution is 2.19. The number of aliphatic hydroxyl groups is 1. The van der Waals surface area contributed by atoms with Crippen LogP contribution in [0.3, 0.4) is 0 Å². The zero-order valence-electron chi connectivity index (χ0n) is 10.5. The van der Waals surface area contributed by atoms with Gasteiger partial charge in [0.25, 0.3) is 0 Å². The molecule has 0 amide bonds. The molecule has 9 heteroatoms. The van der Waals surface area contributed by atoms with Crippen LogP contribution in [0.15, 0.2) is 27.9 Å². The van der Waals surface area contributed by atoms with Crippen LogP contribution in [0.4, 0.5) is 4.39 Å². The second kappa shape index (κ2) is 5.65. The van der Waals surface area contributed by atoms with E-state index in [0.29, 0.717) is 0 Å². The summed E-state index contributed by atoms with van der Waals surface area (Å²) in [4.78, 5) is 3.54. The molecule has 0 atom stereocenters. The smallest absolute Gasteiger partial charge is 0.241 e. The van der Waals surface area contributed by atoms with Crippen LogP contribution in [0.25, 0.3) is 0 Å². The normalized spacial score (nSPS) is 11.8. The van der Waals surface area contributed by atoms with Crippen LogP contribution in [0, 0.1) is 12.7 Å². The van der Waals surface area contributed by atoms with Gasteiger partial charge in [0.2, 0.25) is 16.4 Å². The minimum Gasteiger partial charge on any atom is -0.392 e. The van der Waals surface area contributed by atoms with Crippen molar-refractivity contribution in [3.63, 3.8) is 0 Å². The van der Waals surface area contributed by atoms with E-state index in [2.05, 4.69) is 19.4 Å². The molecule has 1 heterocycles. The summed E-state index contributed by atoms with van der Waals surface area (Å²) in [5, 5.41) is 12.5. The summed E-state index contributed by atoms with van der Waals surface area (Å²) in [6.45, 7) is 0.692. The number of aromatic nitrogens is 2. The molecule has 0 unspecified atom stereocenters. The molecule has 2 rings (SSSR count). The van der Waals surface area contributed by atoms with E-state index in [9.17, 15) is 12.8 Å². The average molecular weight is 301 g/mol. The van der Waals surface area contributed by atoms with Crippen molar-refractivity contribution in [3.05, 3.63) is 41.3 Å². The van der Waals surface area contributed by atoms with E-state index in [1.807, 2.05) is 0 Å². The lowest BCUT2D eigenvalue weighted by molar-refractivity contribution is 0.275. The first kappa shape index (κ1) is 14.6. The monoisotopic (exact) mass is 301 g/mol. The van der Waals surface area contributed by atoms with Gasteiger partial charge in [0.1, 0.15) is 5.82 Å². The van der Waals surface area contributed by atoms with Crippen molar-refractivity contribution in [2.24, 2.45) is 0 Å². The fourth-order valence-corrected chi connectivity index (χ4v) is 2.71. The molecule has 1 aromatic carbocycles. The van der Waals surface area contributed by atoms with Gasteiger partial charge in [-0.3, -0.25) is 0 Å². The molecule has 0 bridgehead atoms. The summed E-state index contributed by atoms with van der Waals surface area (Å²) in [6, 6.07) is 2.27. The number of hydrogen-bond acceptors (Lipinski definition) is 6. The molecule has 1 aromatic heterocycles. The maximum atomic E-state index is 13.6. The zero-order chi connectivity index (χ0) is 14.8. The SMILES string of the molecule is Cc1cc(S(=O)(=O)NCc2ncon2)cc(CO)c1F. The number of aryl methyl sites for hydroxylation is 1. The first-order valence-corrected chi connectivity index (χ1v) is 7.07. The quantitative estimate of drug-likeness (QED) is 0.832. The molecular formula is C11H12FN3O4S. The van der Waals surface area contributed by atoms with E-state index in [4.69, 9.17) is 5.11 Å². The van der Waals surface area contributed by atoms with Gasteiger partial charge in [-0.25, -0.2) is 17.5 Å². The van der Waals surface area contributed by atoms with Crippen LogP contribution in [0.2, 0.25) is 0 Å². The molecule has 108 valence electrons. The topological polar surface area (TPSA) is 105 Å². The Balaban J connectivity index is 2.27. The van der Waals surface area contributed by atoms with E-state index in [1.54, 1.807) is 0 Å². The summed E-state index contributed by atoms with van der Waals surface area (Å²) < 4.78 is 44.4. The third-order valence-corrected chi connectivity index (χ3v) is 3.99. The van der Waals surface area contributed by atoms with Gasteiger partial charge >= 0.3 is 0 Å². The van der Waals surface area contributed by atoms with Crippen LogP contribution in [-0.2, 0) is 23.2 Å². The summed E-state index contributed by atoms with van der Waals surface area (Å²) in [7, 11) is -3.86. The second-order valence-electron chi connectivity index (χ2n) is 4.04. The van der Waals surface area contributed by atoms with Crippen LogP contribution in [0.5, 0.6) is 0 Å². The molecule has 0 aliphatic rings. The first-order chi connectivity index (χ1) is 9.44. The first-order valence-electron chi connectivity index (χ1n) is 5.59. The second-order valence-corrected chi connectivity index (χ2v) is 5.81. The number of rotatable bonds is 5. The van der Waals surface area contributed by atoms with Crippen molar-refractivity contribution in [2.45, 2.75) is 25.0 Å². The predicted molar refractivity (Wildman–Crippen MR) is 65.4 cm³/mol. The highest BCUT2D eigenvalue weighted by atomic mass is 32.2. The zero-order valence-corrected chi connectivity index (χ0v) is 11.3. The Hall–Kier alpha value is -1.84. The summed E-state index contributed by atoms with van der Waals surface area (Å²) in [5.74, 6) is -0.445. The van der Waals surface area contributed by atoms with Crippen molar-refractivity contribution in [2.75, 3.05) is 0 Å². The molecule has 0 radical (unpaired) electrons. The van der Waals surface area contributed by atoms with E-state index in [1.165, 1.54) is 13.0 Å². The van der Waals surface area contributed by atoms with E-state index in [0.717, 1.165) is 12.5 Å². The van der Waals surface area contributed by atoms with E-state index < -0.39 is 22.4 Å². The van der Waals surface area contributed by atoms with Crippen molar-refractivity contribution >= 4 is 10.0 Å². The van der Waals surface area contributed by atoms with Gasteiger partial charge in [0.05, 0.1) is 18.0 Å². The van der Waals surface area contributed by atoms with Gasteiger partial charge in [0.15, 0.2) is 5.82 Å². The van der Waals surface area contributed by atoms with Gasteiger partial charge in [-0.2, -0.15) is 4.98 Å². The van der Waals surface area contributed by atoms with Crippen LogP contribution >= 0.6 is 0 Å². The minimum absolute atomic E-state index is 0.0788. The van der Waals surface area contributed by atoms with Crippen molar-refractivity contribution in [1.82, 2.24) is 14.9 Å². The molecule has 2 N–H and O–H groups in total. The third kappa shape index (κ3) is 3.00. The number of aliphatic hydroxyl groups excluding tert-OH is 1. The fraction of sp³-hybridized carbons (Fsp3) is 0.273. The number of nitrogens with zero attached hydrogens (tertiary/aromatic N) is 2. The lowest BCUT2D eigenvalue weighted by atomic mass is 10.1. The maximum Gasteiger partial charge on any atom is 0.241 e. The molecular weight excluding hydrogens is 289 g/mol. The Bertz CT molecular complexity index is 701. The van der Waals surface area contributed by atoms with Gasteiger partial charge in [-0.15, -0.1) is 0 Å². The van der Waals surface area contributed by atoms with Crippen molar-refractivity contribution in [3.8, 4) is 0 Å². The Morgan fingerprint density at radius 3 is 2.80 bits per heavy atom. The van der Waals surface area contributed by atoms with Gasteiger partial charge < -0.3 is 9.63 Å². The van der Waals surface area contributed by atoms with Gasteiger partial charge in [0, 0.05) is 5.56 Å². The summed E-state index contributed by atoms with van der Waals surface area (Å²) in [5.41, 5.74) is 0.0569. The molecule has 2 aromatic rings. The standard InChI is InChI=1S/C11H12FN3O4S/c1-7-2-9(3-8(5-16)11(7)12)20(17,18)14-4-10-13-6-19-15-10/h2-3,6,14,16H,4-5H2,1H3. The number of benzene rings is 1. The lowest BCUT2D eigenvalue weighted by Crippen LogP contribution is -2.24. The van der Waals surface area contributed by atoms with Gasteiger partial charge in [-0.05, 0) is 24.6 Å². The molecule has 0 fully saturated rings. The molecule has 0 aliphatic carbocycles. The number of nitrogens with one attached hydrogen (secondary N) is 1. The Morgan fingerprint density at radius 1 is 1.45 bits per heavy atom. The van der Waals surface area contributed by atoms with Crippen LogP contribution < -0.4 is 4.72 Å². The molecule has 0 aliphatic heterocycles. The Kier molecular flexibility index (Phi) is 4.12. The summed E-state index contributed by atoms with van der Waals surface area (Å²) >= 11 is 0. The van der Waals surface area contributed by atoms with Crippen molar-refractivity contribution < 1.29 is 22.4 Å². The fourth-order valence-electron chi connectivity index (χ4n) is 1.59. The predicted octanol–water partition coefficient (Wildman–Crippen LogP) is 0.488. The molecule has 7 nitrogen and oxygen atoms in total. The highest BCUT2D eigenvalue weighted by molar-refractivity contribution is 7.89. The molecule has 0 spiro atoms. The Morgan fingerprint density at radius 2 is 2.20 bits per heavy atom. The largest absolute Gasteiger partial charge is 0.392 e. The average Bonchev–Trinajstić information content (AvgIpc) is 2.92. The third-order valence-electron chi connectivity index (χ3n) is 2.61.